The van der Waals surface area contributed by atoms with Gasteiger partial charge in [-0.2, -0.15) is 4.68 Å². The minimum atomic E-state index is -3.26. The van der Waals surface area contributed by atoms with Crippen LogP contribution in [0.4, 0.5) is 0 Å². The monoisotopic (exact) mass is 490 g/mol. The molecule has 0 aliphatic carbocycles. The van der Waals surface area contributed by atoms with E-state index < -0.39 is 9.84 Å². The number of benzene rings is 3. The summed E-state index contributed by atoms with van der Waals surface area (Å²) in [4.78, 5) is 5.10. The third-order valence-corrected chi connectivity index (χ3v) is 7.56. The highest BCUT2D eigenvalue weighted by Gasteiger charge is 2.15. The van der Waals surface area contributed by atoms with Crippen LogP contribution in [-0.2, 0) is 28.6 Å². The highest BCUT2D eigenvalue weighted by Crippen LogP contribution is 2.27. The van der Waals surface area contributed by atoms with Crippen molar-refractivity contribution in [2.24, 2.45) is 0 Å². The summed E-state index contributed by atoms with van der Waals surface area (Å²) in [5.41, 5.74) is 4.02. The largest absolute Gasteiger partial charge is 0.319 e. The molecule has 2 aromatic heterocycles. The maximum atomic E-state index is 11.7. The molecule has 0 bridgehead atoms. The Labute approximate surface area is 201 Å². The van der Waals surface area contributed by atoms with Crippen molar-refractivity contribution in [1.29, 1.82) is 0 Å². The van der Waals surface area contributed by atoms with E-state index in [2.05, 4.69) is 50.4 Å². The molecule has 0 saturated carbocycles. The summed E-state index contributed by atoms with van der Waals surface area (Å²) in [6.45, 7) is 0.810. The number of hydrogen-bond donors (Lipinski definition) is 0. The quantitative estimate of drug-likeness (QED) is 0.304. The first-order valence-corrected chi connectivity index (χ1v) is 13.6. The third kappa shape index (κ3) is 4.73. The zero-order valence-corrected chi connectivity index (χ0v) is 20.1. The first kappa shape index (κ1) is 22.3. The molecule has 0 saturated heterocycles. The number of thioether (sulfide) groups is 1. The summed E-state index contributed by atoms with van der Waals surface area (Å²) in [6, 6.07) is 25.1. The third-order valence-electron chi connectivity index (χ3n) is 5.46. The standard InChI is InChI=1S/C24H22N6O2S2/c1-34(31,32)20-13-11-19(12-14-20)30-23(26-27-28-30)17-33-24-25-21-9-5-6-10-22(21)29(24)16-15-18-7-3-2-4-8-18/h2-14H,15-17H2,1H3. The van der Waals surface area contributed by atoms with Gasteiger partial charge in [0.25, 0.3) is 0 Å². The van der Waals surface area contributed by atoms with Crippen molar-refractivity contribution in [3.63, 3.8) is 0 Å². The average molecular weight is 491 g/mol. The Balaban J connectivity index is 1.38. The van der Waals surface area contributed by atoms with E-state index in [1.54, 1.807) is 40.7 Å². The minimum Gasteiger partial charge on any atom is -0.319 e. The molecule has 0 unspecified atom stereocenters. The van der Waals surface area contributed by atoms with Gasteiger partial charge < -0.3 is 4.57 Å². The summed E-state index contributed by atoms with van der Waals surface area (Å²) in [5.74, 6) is 1.16. The Morgan fingerprint density at radius 1 is 0.912 bits per heavy atom. The van der Waals surface area contributed by atoms with Crippen molar-refractivity contribution in [1.82, 2.24) is 29.8 Å². The molecule has 0 atom stereocenters. The molecular weight excluding hydrogens is 468 g/mol. The molecule has 5 aromatic rings. The molecular formula is C24H22N6O2S2. The molecule has 172 valence electrons. The van der Waals surface area contributed by atoms with E-state index in [1.165, 1.54) is 11.8 Å². The van der Waals surface area contributed by atoms with Gasteiger partial charge in [-0.15, -0.1) is 5.10 Å². The second kappa shape index (κ2) is 9.40. The molecule has 8 nitrogen and oxygen atoms in total. The molecule has 5 rings (SSSR count). The number of para-hydroxylation sites is 2. The number of sulfone groups is 1. The molecule has 0 spiro atoms. The van der Waals surface area contributed by atoms with E-state index >= 15 is 0 Å². The summed E-state index contributed by atoms with van der Waals surface area (Å²) < 4.78 is 27.4. The topological polar surface area (TPSA) is 95.6 Å². The van der Waals surface area contributed by atoms with Gasteiger partial charge in [-0.05, 0) is 58.8 Å². The van der Waals surface area contributed by atoms with Crippen LogP contribution in [0.1, 0.15) is 11.4 Å². The van der Waals surface area contributed by atoms with Crippen LogP contribution in [0.15, 0.2) is 88.9 Å². The molecule has 0 N–H and O–H groups in total. The highest BCUT2D eigenvalue weighted by atomic mass is 32.2. The Morgan fingerprint density at radius 3 is 2.41 bits per heavy atom. The molecule has 0 radical (unpaired) electrons. The first-order valence-electron chi connectivity index (χ1n) is 10.7. The van der Waals surface area contributed by atoms with Gasteiger partial charge in [0.05, 0.1) is 27.4 Å². The lowest BCUT2D eigenvalue weighted by Gasteiger charge is -2.09. The fourth-order valence-electron chi connectivity index (χ4n) is 3.73. The fraction of sp³-hybridized carbons (Fsp3) is 0.167. The van der Waals surface area contributed by atoms with Crippen molar-refractivity contribution in [2.75, 3.05) is 6.26 Å². The Hall–Kier alpha value is -3.50. The van der Waals surface area contributed by atoms with Crippen LogP contribution in [0.25, 0.3) is 16.7 Å². The number of aryl methyl sites for hydroxylation is 2. The molecule has 0 aliphatic heterocycles. The Kier molecular flexibility index (Phi) is 6.16. The molecule has 0 amide bonds. The smallest absolute Gasteiger partial charge is 0.175 e. The SMILES string of the molecule is CS(=O)(=O)c1ccc(-n2nnnc2CSc2nc3ccccc3n2CCc2ccccc2)cc1. The van der Waals surface area contributed by atoms with Gasteiger partial charge in [0, 0.05) is 12.8 Å². The maximum Gasteiger partial charge on any atom is 0.175 e. The van der Waals surface area contributed by atoms with E-state index in [0.717, 1.165) is 29.2 Å². The fourth-order valence-corrected chi connectivity index (χ4v) is 5.30. The van der Waals surface area contributed by atoms with E-state index in [4.69, 9.17) is 4.98 Å². The van der Waals surface area contributed by atoms with Crippen LogP contribution in [0.5, 0.6) is 0 Å². The van der Waals surface area contributed by atoms with Crippen LogP contribution in [0.3, 0.4) is 0 Å². The van der Waals surface area contributed by atoms with E-state index in [-0.39, 0.29) is 4.90 Å². The summed E-state index contributed by atoms with van der Waals surface area (Å²) in [7, 11) is -3.26. The van der Waals surface area contributed by atoms with Crippen LogP contribution >= 0.6 is 11.8 Å². The van der Waals surface area contributed by atoms with Gasteiger partial charge in [0.1, 0.15) is 0 Å². The zero-order valence-electron chi connectivity index (χ0n) is 18.4. The molecule has 10 heteroatoms. The number of rotatable bonds is 8. The number of nitrogens with zero attached hydrogens (tertiary/aromatic N) is 6. The number of tetrazole rings is 1. The zero-order chi connectivity index (χ0) is 23.5. The van der Waals surface area contributed by atoms with Crippen molar-refractivity contribution in [3.05, 3.63) is 90.3 Å². The predicted octanol–water partition coefficient (Wildman–Crippen LogP) is 3.95. The summed E-state index contributed by atoms with van der Waals surface area (Å²) in [5, 5.41) is 13.0. The lowest BCUT2D eigenvalue weighted by molar-refractivity contribution is 0.602. The van der Waals surface area contributed by atoms with Crippen molar-refractivity contribution in [3.8, 4) is 5.69 Å². The molecule has 3 aromatic carbocycles. The Bertz CT molecular complexity index is 1530. The number of fused-ring (bicyclic) bond motifs is 1. The van der Waals surface area contributed by atoms with E-state index in [0.29, 0.717) is 17.3 Å². The minimum absolute atomic E-state index is 0.257. The number of aromatic nitrogens is 6. The molecule has 0 aliphatic rings. The van der Waals surface area contributed by atoms with Crippen molar-refractivity contribution in [2.45, 2.75) is 28.8 Å². The van der Waals surface area contributed by atoms with Crippen LogP contribution in [0, 0.1) is 0 Å². The molecule has 0 fully saturated rings. The lowest BCUT2D eigenvalue weighted by atomic mass is 10.1. The molecule has 34 heavy (non-hydrogen) atoms. The average Bonchev–Trinajstić information content (AvgIpc) is 3.46. The van der Waals surface area contributed by atoms with Gasteiger partial charge in [-0.3, -0.25) is 0 Å². The van der Waals surface area contributed by atoms with Crippen LogP contribution in [-0.4, -0.2) is 44.4 Å². The highest BCUT2D eigenvalue weighted by molar-refractivity contribution is 7.98. The van der Waals surface area contributed by atoms with Crippen LogP contribution in [0.2, 0.25) is 0 Å². The van der Waals surface area contributed by atoms with E-state index in [9.17, 15) is 8.42 Å². The van der Waals surface area contributed by atoms with E-state index in [1.807, 2.05) is 24.3 Å². The van der Waals surface area contributed by atoms with Gasteiger partial charge in [-0.25, -0.2) is 13.4 Å². The second-order valence-corrected chi connectivity index (χ2v) is 10.8. The summed E-state index contributed by atoms with van der Waals surface area (Å²) in [6.07, 6.45) is 2.09. The first-order chi connectivity index (χ1) is 16.5. The lowest BCUT2D eigenvalue weighted by Crippen LogP contribution is -2.05. The van der Waals surface area contributed by atoms with Gasteiger partial charge in [0.15, 0.2) is 20.8 Å². The second-order valence-electron chi connectivity index (χ2n) is 7.83. The molecule has 2 heterocycles. The number of hydrogen-bond acceptors (Lipinski definition) is 7. The van der Waals surface area contributed by atoms with Gasteiger partial charge in [-0.1, -0.05) is 54.2 Å². The predicted molar refractivity (Wildman–Crippen MR) is 132 cm³/mol. The van der Waals surface area contributed by atoms with Crippen molar-refractivity contribution >= 4 is 32.6 Å². The summed E-state index contributed by atoms with van der Waals surface area (Å²) >= 11 is 1.57. The Morgan fingerprint density at radius 2 is 1.65 bits per heavy atom. The van der Waals surface area contributed by atoms with Gasteiger partial charge >= 0.3 is 0 Å². The maximum absolute atomic E-state index is 11.7. The van der Waals surface area contributed by atoms with Gasteiger partial charge in [0.2, 0.25) is 0 Å². The van der Waals surface area contributed by atoms with Crippen molar-refractivity contribution < 1.29 is 8.42 Å². The van der Waals surface area contributed by atoms with Crippen LogP contribution < -0.4 is 0 Å². The normalized spacial score (nSPS) is 11.8. The number of imidazole rings is 1.